The molecule has 0 radical (unpaired) electrons. The normalized spacial score (nSPS) is 14.1. The Balaban J connectivity index is 3.13. The molecule has 2 unspecified atom stereocenters. The van der Waals surface area contributed by atoms with E-state index in [0.29, 0.717) is 12.1 Å². The standard InChI is InChI=1S/C17H28N2O3S/c1-6-8-14(4)18-17(20)16(7-2)19(23(5,21)22)15-11-9-13(3)10-12-15/h9-12,14,16H,6-8H2,1-5H3,(H,18,20). The summed E-state index contributed by atoms with van der Waals surface area (Å²) in [5.41, 5.74) is 1.56. The second-order valence-corrected chi connectivity index (χ2v) is 7.88. The lowest BCUT2D eigenvalue weighted by atomic mass is 10.1. The molecule has 0 aliphatic carbocycles. The van der Waals surface area contributed by atoms with E-state index in [1.54, 1.807) is 12.1 Å². The fourth-order valence-electron chi connectivity index (χ4n) is 2.60. The predicted molar refractivity (Wildman–Crippen MR) is 95.1 cm³/mol. The van der Waals surface area contributed by atoms with E-state index in [1.165, 1.54) is 4.31 Å². The summed E-state index contributed by atoms with van der Waals surface area (Å²) >= 11 is 0. The minimum atomic E-state index is -3.56. The van der Waals surface area contributed by atoms with Gasteiger partial charge >= 0.3 is 0 Å². The van der Waals surface area contributed by atoms with Crippen LogP contribution in [0.3, 0.4) is 0 Å². The first kappa shape index (κ1) is 19.5. The minimum Gasteiger partial charge on any atom is -0.352 e. The van der Waals surface area contributed by atoms with E-state index in [2.05, 4.69) is 12.2 Å². The predicted octanol–water partition coefficient (Wildman–Crippen LogP) is 2.84. The number of hydrogen-bond donors (Lipinski definition) is 1. The summed E-state index contributed by atoms with van der Waals surface area (Å²) < 4.78 is 25.8. The Morgan fingerprint density at radius 3 is 2.22 bits per heavy atom. The average molecular weight is 340 g/mol. The molecule has 0 bridgehead atoms. The van der Waals surface area contributed by atoms with E-state index >= 15 is 0 Å². The number of anilines is 1. The first-order valence-corrected chi connectivity index (χ1v) is 9.92. The van der Waals surface area contributed by atoms with Crippen LogP contribution in [-0.2, 0) is 14.8 Å². The molecule has 0 spiro atoms. The molecule has 0 heterocycles. The molecule has 1 rings (SSSR count). The summed E-state index contributed by atoms with van der Waals surface area (Å²) in [6.45, 7) is 7.74. The zero-order chi connectivity index (χ0) is 17.6. The van der Waals surface area contributed by atoms with Crippen LogP contribution >= 0.6 is 0 Å². The van der Waals surface area contributed by atoms with Crippen LogP contribution < -0.4 is 9.62 Å². The molecular formula is C17H28N2O3S. The number of aryl methyl sites for hydroxylation is 1. The molecule has 6 heteroatoms. The molecule has 130 valence electrons. The Morgan fingerprint density at radius 2 is 1.78 bits per heavy atom. The topological polar surface area (TPSA) is 66.5 Å². The highest BCUT2D eigenvalue weighted by Gasteiger charge is 2.31. The van der Waals surface area contributed by atoms with Gasteiger partial charge in [-0.25, -0.2) is 8.42 Å². The van der Waals surface area contributed by atoms with Gasteiger partial charge in [0.25, 0.3) is 0 Å². The monoisotopic (exact) mass is 340 g/mol. The fourth-order valence-corrected chi connectivity index (χ4v) is 3.81. The third kappa shape index (κ3) is 5.53. The third-order valence-electron chi connectivity index (χ3n) is 3.73. The van der Waals surface area contributed by atoms with Crippen LogP contribution in [-0.4, -0.2) is 32.7 Å². The van der Waals surface area contributed by atoms with Crippen molar-refractivity contribution in [2.75, 3.05) is 10.6 Å². The Hall–Kier alpha value is -1.56. The highest BCUT2D eigenvalue weighted by Crippen LogP contribution is 2.23. The van der Waals surface area contributed by atoms with E-state index in [-0.39, 0.29) is 11.9 Å². The molecule has 2 atom stereocenters. The lowest BCUT2D eigenvalue weighted by molar-refractivity contribution is -0.122. The number of amides is 1. The maximum Gasteiger partial charge on any atom is 0.244 e. The summed E-state index contributed by atoms with van der Waals surface area (Å²) in [5, 5.41) is 2.92. The maximum atomic E-state index is 12.6. The molecule has 0 aliphatic rings. The van der Waals surface area contributed by atoms with Crippen molar-refractivity contribution in [1.29, 1.82) is 0 Å². The molecule has 0 aliphatic heterocycles. The van der Waals surface area contributed by atoms with Crippen LogP contribution in [0, 0.1) is 6.92 Å². The quantitative estimate of drug-likeness (QED) is 0.791. The van der Waals surface area contributed by atoms with E-state index in [4.69, 9.17) is 0 Å². The zero-order valence-electron chi connectivity index (χ0n) is 14.7. The second-order valence-electron chi connectivity index (χ2n) is 6.02. The van der Waals surface area contributed by atoms with Crippen LogP contribution in [0.1, 0.15) is 45.6 Å². The fraction of sp³-hybridized carbons (Fsp3) is 0.588. The van der Waals surface area contributed by atoms with Crippen LogP contribution in [0.5, 0.6) is 0 Å². The van der Waals surface area contributed by atoms with E-state index in [0.717, 1.165) is 24.7 Å². The molecule has 1 amide bonds. The largest absolute Gasteiger partial charge is 0.352 e. The molecule has 1 N–H and O–H groups in total. The number of carbonyl (C=O) groups excluding carboxylic acids is 1. The Bertz CT molecular complexity index is 611. The van der Waals surface area contributed by atoms with Crippen molar-refractivity contribution >= 4 is 21.6 Å². The second kappa shape index (κ2) is 8.34. The SMILES string of the molecule is CCCC(C)NC(=O)C(CC)N(c1ccc(C)cc1)S(C)(=O)=O. The van der Waals surface area contributed by atoms with Gasteiger partial charge in [0.05, 0.1) is 11.9 Å². The van der Waals surface area contributed by atoms with Crippen LogP contribution in [0.15, 0.2) is 24.3 Å². The van der Waals surface area contributed by atoms with Gasteiger partial charge in [-0.15, -0.1) is 0 Å². The first-order valence-electron chi connectivity index (χ1n) is 8.07. The van der Waals surface area contributed by atoms with Crippen molar-refractivity contribution in [3.63, 3.8) is 0 Å². The van der Waals surface area contributed by atoms with E-state index < -0.39 is 16.1 Å². The van der Waals surface area contributed by atoms with Gasteiger partial charge in [0.15, 0.2) is 0 Å². The average Bonchev–Trinajstić information content (AvgIpc) is 2.44. The van der Waals surface area contributed by atoms with Crippen molar-refractivity contribution in [2.24, 2.45) is 0 Å². The van der Waals surface area contributed by atoms with Gasteiger partial charge in [-0.1, -0.05) is 38.0 Å². The van der Waals surface area contributed by atoms with Crippen molar-refractivity contribution < 1.29 is 13.2 Å². The number of nitrogens with zero attached hydrogens (tertiary/aromatic N) is 1. The van der Waals surface area contributed by atoms with Gasteiger partial charge < -0.3 is 5.32 Å². The number of hydrogen-bond acceptors (Lipinski definition) is 3. The number of carbonyl (C=O) groups is 1. The van der Waals surface area contributed by atoms with E-state index in [9.17, 15) is 13.2 Å². The molecule has 5 nitrogen and oxygen atoms in total. The summed E-state index contributed by atoms with van der Waals surface area (Å²) in [5.74, 6) is -0.251. The molecular weight excluding hydrogens is 312 g/mol. The number of nitrogens with one attached hydrogen (secondary N) is 1. The summed E-state index contributed by atoms with van der Waals surface area (Å²) in [7, 11) is -3.56. The molecule has 1 aromatic rings. The highest BCUT2D eigenvalue weighted by molar-refractivity contribution is 7.92. The van der Waals surface area contributed by atoms with Crippen molar-refractivity contribution in [3.8, 4) is 0 Å². The molecule has 0 fully saturated rings. The maximum absolute atomic E-state index is 12.6. The van der Waals surface area contributed by atoms with Gasteiger partial charge in [-0.2, -0.15) is 0 Å². The molecule has 23 heavy (non-hydrogen) atoms. The van der Waals surface area contributed by atoms with Gasteiger partial charge in [0.2, 0.25) is 15.9 Å². The molecule has 0 saturated carbocycles. The summed E-state index contributed by atoms with van der Waals surface area (Å²) in [4.78, 5) is 12.6. The van der Waals surface area contributed by atoms with Gasteiger partial charge in [0.1, 0.15) is 6.04 Å². The lowest BCUT2D eigenvalue weighted by Crippen LogP contribution is -2.51. The van der Waals surface area contributed by atoms with Crippen molar-refractivity contribution in [3.05, 3.63) is 29.8 Å². The Labute approximate surface area is 140 Å². The van der Waals surface area contributed by atoms with Gasteiger partial charge in [-0.3, -0.25) is 9.10 Å². The van der Waals surface area contributed by atoms with E-state index in [1.807, 2.05) is 32.9 Å². The first-order chi connectivity index (χ1) is 10.7. The van der Waals surface area contributed by atoms with Crippen LogP contribution in [0.4, 0.5) is 5.69 Å². The Kier molecular flexibility index (Phi) is 7.06. The molecule has 0 saturated heterocycles. The smallest absolute Gasteiger partial charge is 0.244 e. The summed E-state index contributed by atoms with van der Waals surface area (Å²) in [6.07, 6.45) is 3.38. The molecule has 0 aromatic heterocycles. The van der Waals surface area contributed by atoms with Crippen LogP contribution in [0.25, 0.3) is 0 Å². The van der Waals surface area contributed by atoms with Crippen molar-refractivity contribution in [2.45, 2.75) is 59.0 Å². The Morgan fingerprint density at radius 1 is 1.22 bits per heavy atom. The highest BCUT2D eigenvalue weighted by atomic mass is 32.2. The molecule has 1 aromatic carbocycles. The number of rotatable bonds is 8. The lowest BCUT2D eigenvalue weighted by Gasteiger charge is -2.31. The zero-order valence-corrected chi connectivity index (χ0v) is 15.5. The number of sulfonamides is 1. The van der Waals surface area contributed by atoms with Crippen molar-refractivity contribution in [1.82, 2.24) is 5.32 Å². The minimum absolute atomic E-state index is 0.0287. The van der Waals surface area contributed by atoms with Crippen LogP contribution in [0.2, 0.25) is 0 Å². The number of benzene rings is 1. The summed E-state index contributed by atoms with van der Waals surface area (Å²) in [6, 6.07) is 6.45. The van der Waals surface area contributed by atoms with Gasteiger partial charge in [0, 0.05) is 6.04 Å². The van der Waals surface area contributed by atoms with Gasteiger partial charge in [-0.05, 0) is 38.8 Å². The third-order valence-corrected chi connectivity index (χ3v) is 4.91.